The number of pyridine rings is 1. The van der Waals surface area contributed by atoms with Gasteiger partial charge in [0.1, 0.15) is 34.6 Å². The van der Waals surface area contributed by atoms with Crippen LogP contribution >= 0.6 is 0 Å². The van der Waals surface area contributed by atoms with Crippen molar-refractivity contribution in [2.75, 3.05) is 116 Å². The molecule has 5 amide bonds. The van der Waals surface area contributed by atoms with Gasteiger partial charge < -0.3 is 61.1 Å². The molecule has 5 aromatic carbocycles. The van der Waals surface area contributed by atoms with Crippen LogP contribution in [-0.4, -0.2) is 204 Å². The number of nitrogens with zero attached hydrogens (tertiary/aromatic N) is 6. The number of nitrogens with one attached hydrogen (secondary N) is 3. The molecule has 2 atom stereocenters. The Kier molecular flexibility index (Phi) is 24.7. The number of rotatable bonds is 31. The van der Waals surface area contributed by atoms with E-state index in [0.29, 0.717) is 85.5 Å². The Morgan fingerprint density at radius 2 is 1.47 bits per heavy atom. The predicted octanol–water partition coefficient (Wildman–Crippen LogP) is 4.60. The number of nitrogen functional groups attached to an aromatic ring is 1. The summed E-state index contributed by atoms with van der Waals surface area (Å²) in [4.78, 5) is 80.1. The fourth-order valence-electron chi connectivity index (χ4n) is 10.5. The van der Waals surface area contributed by atoms with E-state index < -0.39 is 70.9 Å². The van der Waals surface area contributed by atoms with Gasteiger partial charge in [-0.05, 0) is 116 Å². The Labute approximate surface area is 537 Å². The van der Waals surface area contributed by atoms with Crippen molar-refractivity contribution in [3.63, 3.8) is 0 Å². The summed E-state index contributed by atoms with van der Waals surface area (Å²) in [6, 6.07) is 19.9. The first-order chi connectivity index (χ1) is 44.5. The van der Waals surface area contributed by atoms with Gasteiger partial charge in [0.25, 0.3) is 26.1 Å². The van der Waals surface area contributed by atoms with Gasteiger partial charge in [-0.25, -0.2) is 6.57 Å². The summed E-state index contributed by atoms with van der Waals surface area (Å²) in [5.41, 5.74) is 16.6. The Morgan fingerprint density at radius 1 is 0.785 bits per heavy atom. The highest BCUT2D eigenvalue weighted by Gasteiger charge is 2.33. The molecule has 3 heterocycles. The second-order valence-corrected chi connectivity index (χ2v) is 24.8. The molecule has 2 aliphatic rings. The first-order valence-electron chi connectivity index (χ1n) is 29.9. The van der Waals surface area contributed by atoms with Crippen LogP contribution in [0.25, 0.3) is 37.6 Å². The summed E-state index contributed by atoms with van der Waals surface area (Å²) in [5.74, 6) is -1.66. The number of aromatic hydroxyl groups is 1. The minimum Gasteiger partial charge on any atom is -0.507 e. The zero-order chi connectivity index (χ0) is 66.8. The van der Waals surface area contributed by atoms with E-state index in [1.165, 1.54) is 23.2 Å². The zero-order valence-electron chi connectivity index (χ0n) is 51.4. The van der Waals surface area contributed by atoms with Crippen LogP contribution < -0.4 is 32.2 Å². The number of aliphatic imine (C=N–C) groups is 1. The summed E-state index contributed by atoms with van der Waals surface area (Å²) >= 11 is 0. The van der Waals surface area contributed by atoms with Crippen LogP contribution in [0.1, 0.15) is 59.2 Å². The number of fused-ring (bicyclic) bond motifs is 2. The summed E-state index contributed by atoms with van der Waals surface area (Å²) < 4.78 is 95.7. The van der Waals surface area contributed by atoms with E-state index in [9.17, 15) is 55.0 Å². The van der Waals surface area contributed by atoms with Crippen LogP contribution in [0, 0.1) is 20.4 Å². The quantitative estimate of drug-likeness (QED) is 0.00736. The van der Waals surface area contributed by atoms with Crippen molar-refractivity contribution in [2.45, 2.75) is 68.0 Å². The van der Waals surface area contributed by atoms with Crippen molar-refractivity contribution >= 4 is 94.7 Å². The van der Waals surface area contributed by atoms with Crippen molar-refractivity contribution in [1.29, 1.82) is 0 Å². The number of aryl methyl sites for hydroxylation is 2. The average Bonchev–Trinajstić information content (AvgIpc) is 1.04. The third-order valence-corrected chi connectivity index (χ3v) is 17.4. The van der Waals surface area contributed by atoms with Gasteiger partial charge >= 0.3 is 6.17 Å². The molecule has 0 aliphatic carbocycles. The SMILES string of the molecule is [C-]#[N+][C@@H]1CCCN1C(=O)CNC(=O)c1ccnc2ccc(OCCCN3CCN(C(=O)COCCOCCOCCOCNC(=O)C(N)CCC(=O)Nc4ccc(-c5ccc(N=Cc6ccc7c(S(=O)(=O)O)cc(S(=O)(=O)O)c(N)c7c6O)c(C)c5)cc4C)CC3)cc12. The molecular formula is C63H75N11O17S2. The summed E-state index contributed by atoms with van der Waals surface area (Å²) in [7, 11) is -10.1. The Bertz CT molecular complexity index is 4030. The first kappa shape index (κ1) is 70.1. The van der Waals surface area contributed by atoms with E-state index in [2.05, 4.69) is 35.7 Å². The van der Waals surface area contributed by atoms with E-state index in [4.69, 9.17) is 41.7 Å². The lowest BCUT2D eigenvalue weighted by Gasteiger charge is -2.34. The number of hydrogen-bond donors (Lipinski definition) is 8. The molecular weight excluding hydrogens is 1250 g/mol. The lowest BCUT2D eigenvalue weighted by molar-refractivity contribution is -0.138. The minimum atomic E-state index is -5.07. The average molecular weight is 1320 g/mol. The molecule has 0 saturated carbocycles. The fraction of sp³-hybridized carbons (Fsp3) is 0.397. The Balaban J connectivity index is 0.629. The molecule has 1 aromatic heterocycles. The van der Waals surface area contributed by atoms with E-state index >= 15 is 0 Å². The molecule has 0 spiro atoms. The number of benzene rings is 5. The normalized spacial score (nSPS) is 14.9. The lowest BCUT2D eigenvalue weighted by Crippen LogP contribution is -2.50. The van der Waals surface area contributed by atoms with Gasteiger partial charge in [0.05, 0.1) is 81.3 Å². The topological polar surface area (TPSA) is 388 Å². The number of phenolic OH excluding ortho intramolecular Hbond substituents is 1. The molecule has 6 aromatic rings. The van der Waals surface area contributed by atoms with Crippen LogP contribution in [0.2, 0.25) is 0 Å². The van der Waals surface area contributed by atoms with Crippen molar-refractivity contribution in [2.24, 2.45) is 10.7 Å². The largest absolute Gasteiger partial charge is 0.507 e. The monoisotopic (exact) mass is 1320 g/mol. The molecule has 1 unspecified atom stereocenters. The molecule has 496 valence electrons. The van der Waals surface area contributed by atoms with E-state index in [0.717, 1.165) is 54.7 Å². The summed E-state index contributed by atoms with van der Waals surface area (Å²) in [6.45, 7) is 16.5. The van der Waals surface area contributed by atoms with Crippen LogP contribution in [0.5, 0.6) is 11.5 Å². The number of amides is 5. The standard InChI is InChI=1S/C63H75N11O17S2/c1-40-32-42(8-13-50(40)68-36-44-7-11-47-53(92(81,82)83)35-54(93(84,85)86)60(65)59(47)61(44)78)43-9-14-51(41(2)33-43)71-56(75)16-12-49(64)63(80)70-39-90-31-29-88-27-26-87-28-30-89-38-58(77)73-23-21-72(22-24-73)19-5-25-91-45-10-15-52-48(34-45)46(17-18-67-52)62(79)69-37-57(76)74-20-4-6-55(74)66-3/h7-11,13-15,17-18,32-36,49,55,78H,4-6,12,16,19-31,37-39,64-65H2,1-2H3,(H,69,79)(H,70,80)(H,71,75)(H,81,82,83)(H,84,85,86)/t49?,55-/m0/s1. The number of piperazine rings is 1. The van der Waals surface area contributed by atoms with E-state index in [1.54, 1.807) is 60.5 Å². The molecule has 10 N–H and O–H groups in total. The molecule has 0 bridgehead atoms. The Hall–Kier alpha value is -8.74. The maximum Gasteiger partial charge on any atom is 0.300 e. The molecule has 2 saturated heterocycles. The van der Waals surface area contributed by atoms with Crippen LogP contribution in [-0.2, 0) is 58.4 Å². The van der Waals surface area contributed by atoms with Gasteiger partial charge in [-0.15, -0.1) is 0 Å². The van der Waals surface area contributed by atoms with Gasteiger partial charge in [0, 0.05) is 91.9 Å². The Morgan fingerprint density at radius 3 is 2.16 bits per heavy atom. The van der Waals surface area contributed by atoms with Gasteiger partial charge in [0.15, 0.2) is 0 Å². The van der Waals surface area contributed by atoms with Gasteiger partial charge in [-0.2, -0.15) is 16.8 Å². The minimum absolute atomic E-state index is 0.0224. The highest BCUT2D eigenvalue weighted by atomic mass is 32.2. The molecule has 8 rings (SSSR count). The van der Waals surface area contributed by atoms with E-state index in [-0.39, 0.29) is 87.8 Å². The maximum atomic E-state index is 13.1. The van der Waals surface area contributed by atoms with Crippen LogP contribution in [0.3, 0.4) is 0 Å². The fourth-order valence-corrected chi connectivity index (χ4v) is 12.0. The summed E-state index contributed by atoms with van der Waals surface area (Å²) in [5, 5.41) is 19.1. The number of aromatic nitrogens is 1. The second kappa shape index (κ2) is 32.7. The van der Waals surface area contributed by atoms with Crippen LogP contribution in [0.15, 0.2) is 99.8 Å². The zero-order valence-corrected chi connectivity index (χ0v) is 53.0. The number of ether oxygens (including phenoxy) is 5. The third-order valence-electron chi connectivity index (χ3n) is 15.6. The molecule has 2 aliphatic heterocycles. The third kappa shape index (κ3) is 19.2. The van der Waals surface area contributed by atoms with Crippen molar-refractivity contribution in [3.05, 3.63) is 119 Å². The lowest BCUT2D eigenvalue weighted by atomic mass is 10.00. The molecule has 0 radical (unpaired) electrons. The van der Waals surface area contributed by atoms with Crippen LogP contribution in [0.4, 0.5) is 17.1 Å². The van der Waals surface area contributed by atoms with Crippen molar-refractivity contribution in [1.82, 2.24) is 30.3 Å². The number of phenols is 1. The van der Waals surface area contributed by atoms with Crippen molar-refractivity contribution in [3.8, 4) is 22.6 Å². The second-order valence-electron chi connectivity index (χ2n) is 22.0. The predicted molar refractivity (Wildman–Crippen MR) is 344 cm³/mol. The number of hydrogen-bond acceptors (Lipinski definition) is 20. The maximum absolute atomic E-state index is 13.1. The van der Waals surface area contributed by atoms with Gasteiger partial charge in [0.2, 0.25) is 23.6 Å². The number of carbonyl (C=O) groups is 5. The highest BCUT2D eigenvalue weighted by Crippen LogP contribution is 2.40. The van der Waals surface area contributed by atoms with Crippen molar-refractivity contribution < 1.29 is 78.7 Å². The smallest absolute Gasteiger partial charge is 0.300 e. The van der Waals surface area contributed by atoms with Gasteiger partial charge in [-0.3, -0.25) is 57.7 Å². The summed E-state index contributed by atoms with van der Waals surface area (Å²) in [6.07, 6.45) is 4.53. The number of likely N-dealkylation sites (tertiary alicyclic amines) is 1. The van der Waals surface area contributed by atoms with Gasteiger partial charge in [-0.1, -0.05) is 18.2 Å². The highest BCUT2D eigenvalue weighted by molar-refractivity contribution is 7.87. The molecule has 93 heavy (non-hydrogen) atoms. The molecule has 2 fully saturated rings. The number of anilines is 2. The molecule has 28 nitrogen and oxygen atoms in total. The number of carbonyl (C=O) groups excluding carboxylic acids is 5. The molecule has 30 heteroatoms. The number of nitrogens with two attached hydrogens (primary N) is 2. The van der Waals surface area contributed by atoms with E-state index in [1.807, 2.05) is 25.1 Å². The first-order valence-corrected chi connectivity index (χ1v) is 32.8.